The Morgan fingerprint density at radius 1 is 1.19 bits per heavy atom. The second-order valence-electron chi connectivity index (χ2n) is 6.77. The Morgan fingerprint density at radius 2 is 1.93 bits per heavy atom. The molecule has 1 atom stereocenters. The Hall–Kier alpha value is -2.17. The molecule has 9 nitrogen and oxygen atoms in total. The van der Waals surface area contributed by atoms with Crippen LogP contribution >= 0.6 is 0 Å². The van der Waals surface area contributed by atoms with Gasteiger partial charge in [-0.1, -0.05) is 12.1 Å². The van der Waals surface area contributed by atoms with Gasteiger partial charge in [-0.15, -0.1) is 0 Å². The Labute approximate surface area is 158 Å². The van der Waals surface area contributed by atoms with E-state index in [-0.39, 0.29) is 19.0 Å². The maximum Gasteiger partial charge on any atom is 0.260 e. The lowest BCUT2D eigenvalue weighted by molar-refractivity contribution is -0.125. The van der Waals surface area contributed by atoms with Crippen LogP contribution in [0.3, 0.4) is 0 Å². The molecule has 1 saturated heterocycles. The third kappa shape index (κ3) is 4.57. The van der Waals surface area contributed by atoms with Gasteiger partial charge in [0.2, 0.25) is 15.9 Å². The van der Waals surface area contributed by atoms with E-state index in [1.165, 1.54) is 15.5 Å². The standard InChI is InChI=1S/C17H24N4O5S/c1-27(24,25)20-8-4-7-19(9-10-20)12-16(22)21-11-15(17(18)23)26-14-6-3-2-5-13(14)21/h2-3,5-6,15H,4,7-12H2,1H3,(H2,18,23). The summed E-state index contributed by atoms with van der Waals surface area (Å²) in [5, 5.41) is 0. The van der Waals surface area contributed by atoms with Gasteiger partial charge in [-0.3, -0.25) is 14.5 Å². The molecule has 1 aromatic rings. The number of primary amides is 1. The smallest absolute Gasteiger partial charge is 0.260 e. The Kier molecular flexibility index (Phi) is 5.68. The van der Waals surface area contributed by atoms with Gasteiger partial charge in [0.05, 0.1) is 25.0 Å². The first-order valence-electron chi connectivity index (χ1n) is 8.78. The molecule has 0 radical (unpaired) electrons. The van der Waals surface area contributed by atoms with Crippen LogP contribution in [0.1, 0.15) is 6.42 Å². The molecule has 0 spiro atoms. The minimum atomic E-state index is -3.23. The Balaban J connectivity index is 1.71. The molecule has 3 rings (SSSR count). The van der Waals surface area contributed by atoms with Gasteiger partial charge in [0, 0.05) is 19.6 Å². The van der Waals surface area contributed by atoms with Gasteiger partial charge in [0.1, 0.15) is 5.75 Å². The highest BCUT2D eigenvalue weighted by atomic mass is 32.2. The Morgan fingerprint density at radius 3 is 2.63 bits per heavy atom. The van der Waals surface area contributed by atoms with Gasteiger partial charge in [-0.2, -0.15) is 0 Å². The summed E-state index contributed by atoms with van der Waals surface area (Å²) in [5.74, 6) is -0.356. The van der Waals surface area contributed by atoms with Gasteiger partial charge in [-0.05, 0) is 25.1 Å². The third-order valence-corrected chi connectivity index (χ3v) is 6.07. The van der Waals surface area contributed by atoms with Crippen LogP contribution in [0.5, 0.6) is 5.75 Å². The molecule has 2 heterocycles. The van der Waals surface area contributed by atoms with E-state index in [1.54, 1.807) is 24.3 Å². The lowest BCUT2D eigenvalue weighted by atomic mass is 10.1. The number of sulfonamides is 1. The van der Waals surface area contributed by atoms with Crippen molar-refractivity contribution in [3.63, 3.8) is 0 Å². The largest absolute Gasteiger partial charge is 0.477 e. The highest BCUT2D eigenvalue weighted by molar-refractivity contribution is 7.88. The van der Waals surface area contributed by atoms with Gasteiger partial charge >= 0.3 is 0 Å². The van der Waals surface area contributed by atoms with Crippen molar-refractivity contribution in [3.8, 4) is 5.75 Å². The number of hydrogen-bond acceptors (Lipinski definition) is 6. The molecular formula is C17H24N4O5S. The number of nitrogens with zero attached hydrogens (tertiary/aromatic N) is 3. The van der Waals surface area contributed by atoms with E-state index in [0.717, 1.165) is 0 Å². The SMILES string of the molecule is CS(=O)(=O)N1CCCN(CC(=O)N2CC(C(N)=O)Oc3ccccc32)CC1. The van der Waals surface area contributed by atoms with Gasteiger partial charge in [-0.25, -0.2) is 12.7 Å². The predicted molar refractivity (Wildman–Crippen MR) is 99.9 cm³/mol. The summed E-state index contributed by atoms with van der Waals surface area (Å²) >= 11 is 0. The third-order valence-electron chi connectivity index (χ3n) is 4.77. The van der Waals surface area contributed by atoms with Gasteiger partial charge in [0.15, 0.2) is 6.10 Å². The van der Waals surface area contributed by atoms with E-state index in [4.69, 9.17) is 10.5 Å². The minimum absolute atomic E-state index is 0.0640. The lowest BCUT2D eigenvalue weighted by Gasteiger charge is -2.34. The van der Waals surface area contributed by atoms with E-state index in [1.807, 2.05) is 4.90 Å². The number of nitrogens with two attached hydrogens (primary N) is 1. The van der Waals surface area contributed by atoms with E-state index in [2.05, 4.69) is 0 Å². The fraction of sp³-hybridized carbons (Fsp3) is 0.529. The lowest BCUT2D eigenvalue weighted by Crippen LogP contribution is -2.51. The maximum absolute atomic E-state index is 12.9. The first kappa shape index (κ1) is 19.6. The van der Waals surface area contributed by atoms with E-state index in [0.29, 0.717) is 44.0 Å². The highest BCUT2D eigenvalue weighted by Gasteiger charge is 2.33. The summed E-state index contributed by atoms with van der Waals surface area (Å²) in [6, 6.07) is 7.02. The number of ether oxygens (including phenoxy) is 1. The number of para-hydroxylation sites is 2. The fourth-order valence-electron chi connectivity index (χ4n) is 3.33. The highest BCUT2D eigenvalue weighted by Crippen LogP contribution is 2.33. The average molecular weight is 396 g/mol. The zero-order chi connectivity index (χ0) is 19.6. The van der Waals surface area contributed by atoms with Crippen molar-refractivity contribution < 1.29 is 22.7 Å². The molecule has 0 bridgehead atoms. The van der Waals surface area contributed by atoms with Crippen LogP contribution < -0.4 is 15.4 Å². The second kappa shape index (κ2) is 7.83. The van der Waals surface area contributed by atoms with Crippen LogP contribution in [0, 0.1) is 0 Å². The van der Waals surface area contributed by atoms with Crippen LogP contribution in [0.15, 0.2) is 24.3 Å². The summed E-state index contributed by atoms with van der Waals surface area (Å²) in [4.78, 5) is 28.0. The molecule has 0 saturated carbocycles. The van der Waals surface area contributed by atoms with Crippen LogP contribution in [-0.2, 0) is 19.6 Å². The number of rotatable bonds is 4. The molecule has 1 unspecified atom stereocenters. The van der Waals surface area contributed by atoms with Crippen LogP contribution in [0.4, 0.5) is 5.69 Å². The quantitative estimate of drug-likeness (QED) is 0.715. The van der Waals surface area contributed by atoms with Crippen molar-refractivity contribution in [3.05, 3.63) is 24.3 Å². The predicted octanol–water partition coefficient (Wildman–Crippen LogP) is -0.767. The van der Waals surface area contributed by atoms with E-state index in [9.17, 15) is 18.0 Å². The second-order valence-corrected chi connectivity index (χ2v) is 8.76. The molecule has 2 amide bonds. The van der Waals surface area contributed by atoms with Gasteiger partial charge < -0.3 is 15.4 Å². The van der Waals surface area contributed by atoms with Crippen LogP contribution in [-0.4, -0.2) is 81.1 Å². The molecule has 1 fully saturated rings. The molecule has 148 valence electrons. The normalized spacial score (nSPS) is 21.8. The molecule has 27 heavy (non-hydrogen) atoms. The monoisotopic (exact) mass is 396 g/mol. The number of carbonyl (C=O) groups is 2. The summed E-state index contributed by atoms with van der Waals surface area (Å²) in [6.45, 7) is 2.11. The molecule has 10 heteroatoms. The van der Waals surface area contributed by atoms with Crippen molar-refractivity contribution in [2.75, 3.05) is 50.4 Å². The zero-order valence-electron chi connectivity index (χ0n) is 15.2. The number of fused-ring (bicyclic) bond motifs is 1. The van der Waals surface area contributed by atoms with Crippen molar-refractivity contribution in [1.29, 1.82) is 0 Å². The number of carbonyl (C=O) groups excluding carboxylic acids is 2. The number of anilines is 1. The van der Waals surface area contributed by atoms with E-state index < -0.39 is 22.0 Å². The summed E-state index contributed by atoms with van der Waals surface area (Å²) in [6.07, 6.45) is 0.959. The van der Waals surface area contributed by atoms with Crippen LogP contribution in [0.25, 0.3) is 0 Å². The summed E-state index contributed by atoms with van der Waals surface area (Å²) in [5.41, 5.74) is 5.98. The molecule has 0 aromatic heterocycles. The first-order valence-corrected chi connectivity index (χ1v) is 10.6. The number of hydrogen-bond donors (Lipinski definition) is 1. The minimum Gasteiger partial charge on any atom is -0.477 e. The van der Waals surface area contributed by atoms with Crippen molar-refractivity contribution in [2.24, 2.45) is 5.73 Å². The Bertz CT molecular complexity index is 828. The molecule has 2 aliphatic rings. The zero-order valence-corrected chi connectivity index (χ0v) is 16.0. The fourth-order valence-corrected chi connectivity index (χ4v) is 4.21. The molecule has 1 aromatic carbocycles. The molecule has 0 aliphatic carbocycles. The van der Waals surface area contributed by atoms with Gasteiger partial charge in [0.25, 0.3) is 5.91 Å². The summed E-state index contributed by atoms with van der Waals surface area (Å²) in [7, 11) is -3.23. The molecule has 2 aliphatic heterocycles. The van der Waals surface area contributed by atoms with Crippen molar-refractivity contribution in [1.82, 2.24) is 9.21 Å². The van der Waals surface area contributed by atoms with Crippen molar-refractivity contribution in [2.45, 2.75) is 12.5 Å². The topological polar surface area (TPSA) is 113 Å². The number of amides is 2. The summed E-state index contributed by atoms with van der Waals surface area (Å²) < 4.78 is 30.5. The average Bonchev–Trinajstić information content (AvgIpc) is 2.86. The maximum atomic E-state index is 12.9. The van der Waals surface area contributed by atoms with Crippen LogP contribution in [0.2, 0.25) is 0 Å². The number of benzene rings is 1. The van der Waals surface area contributed by atoms with E-state index >= 15 is 0 Å². The molecular weight excluding hydrogens is 372 g/mol. The van der Waals surface area contributed by atoms with Crippen molar-refractivity contribution >= 4 is 27.5 Å². The first-order chi connectivity index (χ1) is 12.8. The molecule has 2 N–H and O–H groups in total.